The molecule has 3 heterocycles. The highest BCUT2D eigenvalue weighted by molar-refractivity contribution is 8.00. The predicted molar refractivity (Wildman–Crippen MR) is 89.6 cm³/mol. The molecule has 2 aromatic rings. The maximum Gasteiger partial charge on any atom is 0.141 e. The van der Waals surface area contributed by atoms with Crippen molar-refractivity contribution in [2.75, 3.05) is 0 Å². The number of aromatic nitrogens is 2. The SMILES string of the molecule is CC1(C)C(=O)C[C@H](c2ccccn2)S[C@]1(C)c1ccccn1. The molecule has 1 fully saturated rings. The van der Waals surface area contributed by atoms with Crippen molar-refractivity contribution in [2.45, 2.75) is 37.2 Å². The lowest BCUT2D eigenvalue weighted by Gasteiger charge is -2.48. The second-order valence-corrected chi connectivity index (χ2v) is 7.98. The third kappa shape index (κ3) is 2.35. The highest BCUT2D eigenvalue weighted by Gasteiger charge is 2.54. The molecule has 22 heavy (non-hydrogen) atoms. The van der Waals surface area contributed by atoms with E-state index in [1.54, 1.807) is 24.2 Å². The van der Waals surface area contributed by atoms with Crippen molar-refractivity contribution in [1.29, 1.82) is 0 Å². The molecule has 2 aromatic heterocycles. The van der Waals surface area contributed by atoms with Crippen LogP contribution in [0.2, 0.25) is 0 Å². The maximum atomic E-state index is 12.8. The number of hydrogen-bond acceptors (Lipinski definition) is 4. The molecule has 1 saturated heterocycles. The minimum absolute atomic E-state index is 0.0775. The lowest BCUT2D eigenvalue weighted by atomic mass is 9.72. The van der Waals surface area contributed by atoms with Gasteiger partial charge in [0.25, 0.3) is 0 Å². The molecule has 4 heteroatoms. The zero-order valence-corrected chi connectivity index (χ0v) is 13.9. The summed E-state index contributed by atoms with van der Waals surface area (Å²) in [6, 6.07) is 11.8. The van der Waals surface area contributed by atoms with Crippen LogP contribution < -0.4 is 0 Å². The van der Waals surface area contributed by atoms with Crippen LogP contribution in [0.15, 0.2) is 48.8 Å². The third-order valence-corrected chi connectivity index (χ3v) is 6.69. The van der Waals surface area contributed by atoms with Gasteiger partial charge in [0.15, 0.2) is 0 Å². The average Bonchev–Trinajstić information content (AvgIpc) is 2.54. The number of carbonyl (C=O) groups is 1. The summed E-state index contributed by atoms with van der Waals surface area (Å²) in [6.07, 6.45) is 4.11. The Balaban J connectivity index is 2.05. The number of Topliss-reactive ketones (excluding diaryl/α,β-unsaturated/α-hetero) is 1. The fourth-order valence-corrected chi connectivity index (χ4v) is 4.63. The fraction of sp³-hybridized carbons (Fsp3) is 0.389. The Hall–Kier alpha value is -1.68. The van der Waals surface area contributed by atoms with Gasteiger partial charge in [-0.15, -0.1) is 11.8 Å². The van der Waals surface area contributed by atoms with Gasteiger partial charge in [0.1, 0.15) is 5.78 Å². The molecule has 0 aromatic carbocycles. The van der Waals surface area contributed by atoms with Crippen molar-refractivity contribution in [3.63, 3.8) is 0 Å². The normalized spacial score (nSPS) is 27.6. The Labute approximate surface area is 135 Å². The van der Waals surface area contributed by atoms with Crippen LogP contribution in [0.4, 0.5) is 0 Å². The van der Waals surface area contributed by atoms with Gasteiger partial charge in [0.05, 0.1) is 21.4 Å². The molecule has 1 aliphatic heterocycles. The third-order valence-electron chi connectivity index (χ3n) is 4.81. The Bertz CT molecular complexity index is 672. The molecule has 3 rings (SSSR count). The molecule has 0 aliphatic carbocycles. The molecule has 1 aliphatic rings. The monoisotopic (exact) mass is 312 g/mol. The quantitative estimate of drug-likeness (QED) is 0.835. The van der Waals surface area contributed by atoms with E-state index in [2.05, 4.69) is 16.9 Å². The van der Waals surface area contributed by atoms with Crippen LogP contribution in [0.25, 0.3) is 0 Å². The van der Waals surface area contributed by atoms with Crippen molar-refractivity contribution < 1.29 is 4.79 Å². The highest BCUT2D eigenvalue weighted by atomic mass is 32.2. The van der Waals surface area contributed by atoms with Crippen molar-refractivity contribution in [1.82, 2.24) is 9.97 Å². The van der Waals surface area contributed by atoms with E-state index in [0.29, 0.717) is 6.42 Å². The lowest BCUT2D eigenvalue weighted by Crippen LogP contribution is -2.47. The molecule has 0 N–H and O–H groups in total. The molecule has 0 spiro atoms. The van der Waals surface area contributed by atoms with Crippen LogP contribution >= 0.6 is 11.8 Å². The van der Waals surface area contributed by atoms with Gasteiger partial charge in [-0.1, -0.05) is 26.0 Å². The first kappa shape index (κ1) is 15.2. The predicted octanol–water partition coefficient (Wildman–Crippen LogP) is 4.17. The Morgan fingerprint density at radius 3 is 2.32 bits per heavy atom. The Morgan fingerprint density at radius 2 is 1.73 bits per heavy atom. The van der Waals surface area contributed by atoms with Gasteiger partial charge in [-0.3, -0.25) is 14.8 Å². The van der Waals surface area contributed by atoms with Crippen LogP contribution in [0, 0.1) is 5.41 Å². The molecule has 0 radical (unpaired) electrons. The van der Waals surface area contributed by atoms with Crippen LogP contribution in [0.5, 0.6) is 0 Å². The first-order valence-electron chi connectivity index (χ1n) is 7.49. The summed E-state index contributed by atoms with van der Waals surface area (Å²) in [4.78, 5) is 21.8. The average molecular weight is 312 g/mol. The van der Waals surface area contributed by atoms with Gasteiger partial charge in [0.2, 0.25) is 0 Å². The van der Waals surface area contributed by atoms with Gasteiger partial charge >= 0.3 is 0 Å². The van der Waals surface area contributed by atoms with E-state index in [0.717, 1.165) is 11.4 Å². The number of ketones is 1. The Kier molecular flexibility index (Phi) is 3.81. The highest BCUT2D eigenvalue weighted by Crippen LogP contribution is 2.60. The van der Waals surface area contributed by atoms with Crippen LogP contribution in [-0.2, 0) is 9.54 Å². The molecule has 0 amide bonds. The van der Waals surface area contributed by atoms with E-state index in [1.165, 1.54) is 0 Å². The van der Waals surface area contributed by atoms with Crippen molar-refractivity contribution >= 4 is 17.5 Å². The molecule has 0 bridgehead atoms. The van der Waals surface area contributed by atoms with E-state index >= 15 is 0 Å². The first-order chi connectivity index (χ1) is 10.4. The van der Waals surface area contributed by atoms with Gasteiger partial charge < -0.3 is 0 Å². The van der Waals surface area contributed by atoms with Crippen LogP contribution in [0.1, 0.15) is 43.8 Å². The number of thioether (sulfide) groups is 1. The van der Waals surface area contributed by atoms with Gasteiger partial charge in [0, 0.05) is 24.2 Å². The zero-order chi connectivity index (χ0) is 15.8. The summed E-state index contributed by atoms with van der Waals surface area (Å²) in [5.41, 5.74) is 1.47. The van der Waals surface area contributed by atoms with E-state index in [9.17, 15) is 4.79 Å². The van der Waals surface area contributed by atoms with Crippen molar-refractivity contribution in [3.05, 3.63) is 60.2 Å². The topological polar surface area (TPSA) is 42.9 Å². The maximum absolute atomic E-state index is 12.8. The molecular formula is C18H20N2OS. The van der Waals surface area contributed by atoms with Crippen molar-refractivity contribution in [3.8, 4) is 0 Å². The van der Waals surface area contributed by atoms with Crippen LogP contribution in [0.3, 0.4) is 0 Å². The molecule has 0 unspecified atom stereocenters. The number of hydrogen-bond donors (Lipinski definition) is 0. The molecule has 0 saturated carbocycles. The van der Waals surface area contributed by atoms with Crippen LogP contribution in [-0.4, -0.2) is 15.8 Å². The Morgan fingerprint density at radius 1 is 1.05 bits per heavy atom. The number of pyridine rings is 2. The second-order valence-electron chi connectivity index (χ2n) is 6.36. The van der Waals surface area contributed by atoms with E-state index in [1.807, 2.05) is 50.2 Å². The molecule has 114 valence electrons. The van der Waals surface area contributed by atoms with E-state index in [-0.39, 0.29) is 15.8 Å². The molecule has 2 atom stereocenters. The summed E-state index contributed by atoms with van der Waals surface area (Å²) in [6.45, 7) is 6.20. The standard InChI is InChI=1S/C18H20N2OS/c1-17(2)16(21)12-14(13-8-4-6-10-19-13)22-18(17,3)15-9-5-7-11-20-15/h4-11,14H,12H2,1-3H3/t14-,18-/m1/s1. The summed E-state index contributed by atoms with van der Waals surface area (Å²) < 4.78 is -0.369. The zero-order valence-electron chi connectivity index (χ0n) is 13.1. The second kappa shape index (κ2) is 5.51. The smallest absolute Gasteiger partial charge is 0.141 e. The van der Waals surface area contributed by atoms with Gasteiger partial charge in [-0.05, 0) is 31.2 Å². The van der Waals surface area contributed by atoms with Gasteiger partial charge in [-0.25, -0.2) is 0 Å². The van der Waals surface area contributed by atoms with E-state index < -0.39 is 5.41 Å². The minimum Gasteiger partial charge on any atom is -0.299 e. The number of nitrogens with zero attached hydrogens (tertiary/aromatic N) is 2. The summed E-state index contributed by atoms with van der Waals surface area (Å²) >= 11 is 1.80. The summed E-state index contributed by atoms with van der Waals surface area (Å²) in [7, 11) is 0. The van der Waals surface area contributed by atoms with E-state index in [4.69, 9.17) is 0 Å². The summed E-state index contributed by atoms with van der Waals surface area (Å²) in [5, 5.41) is 0.0775. The summed E-state index contributed by atoms with van der Waals surface area (Å²) in [5.74, 6) is 0.273. The number of rotatable bonds is 2. The molecular weight excluding hydrogens is 292 g/mol. The number of carbonyl (C=O) groups excluding carboxylic acids is 1. The molecule has 3 nitrogen and oxygen atoms in total. The van der Waals surface area contributed by atoms with Gasteiger partial charge in [-0.2, -0.15) is 0 Å². The minimum atomic E-state index is -0.461. The first-order valence-corrected chi connectivity index (χ1v) is 8.37. The van der Waals surface area contributed by atoms with Crippen molar-refractivity contribution in [2.24, 2.45) is 5.41 Å². The largest absolute Gasteiger partial charge is 0.299 e. The fourth-order valence-electron chi connectivity index (χ4n) is 2.92. The lowest BCUT2D eigenvalue weighted by molar-refractivity contribution is -0.129.